The van der Waals surface area contributed by atoms with Crippen molar-refractivity contribution in [3.63, 3.8) is 0 Å². The Morgan fingerprint density at radius 3 is 2.76 bits per heavy atom. The van der Waals surface area contributed by atoms with Crippen LogP contribution in [0.2, 0.25) is 0 Å². The Bertz CT molecular complexity index is 462. The zero-order valence-corrected chi connectivity index (χ0v) is 13.1. The molecule has 1 amide bonds. The summed E-state index contributed by atoms with van der Waals surface area (Å²) in [5.41, 5.74) is 5.56. The predicted octanol–water partition coefficient (Wildman–Crippen LogP) is 0.482. The number of nitrogens with zero attached hydrogens (tertiary/aromatic N) is 1. The molecule has 4 fully saturated rings. The maximum absolute atomic E-state index is 12.8. The van der Waals surface area contributed by atoms with Crippen LogP contribution in [0.5, 0.6) is 0 Å². The van der Waals surface area contributed by atoms with Gasteiger partial charge in [-0.25, -0.2) is 0 Å². The number of hydrogen-bond donors (Lipinski definition) is 2. The molecule has 0 aromatic heterocycles. The molecule has 5 nitrogen and oxygen atoms in total. The molecule has 5 heteroatoms. The molecular formula is C16H27N3O2. The summed E-state index contributed by atoms with van der Waals surface area (Å²) < 4.78 is 5.77. The number of rotatable bonds is 3. The molecular weight excluding hydrogens is 266 g/mol. The van der Waals surface area contributed by atoms with Gasteiger partial charge in [-0.2, -0.15) is 0 Å². The summed E-state index contributed by atoms with van der Waals surface area (Å²) in [5.74, 6) is 0.232. The Morgan fingerprint density at radius 2 is 2.05 bits per heavy atom. The van der Waals surface area contributed by atoms with Gasteiger partial charge >= 0.3 is 0 Å². The van der Waals surface area contributed by atoms with Gasteiger partial charge in [0.1, 0.15) is 5.54 Å². The van der Waals surface area contributed by atoms with Gasteiger partial charge in [-0.3, -0.25) is 9.69 Å². The number of nitrogens with one attached hydrogen (secondary N) is 1. The third-order valence-corrected chi connectivity index (χ3v) is 6.45. The van der Waals surface area contributed by atoms with E-state index in [9.17, 15) is 4.79 Å². The van der Waals surface area contributed by atoms with Crippen LogP contribution in [0.25, 0.3) is 0 Å². The lowest BCUT2D eigenvalue weighted by atomic mass is 9.48. The van der Waals surface area contributed by atoms with E-state index in [1.807, 2.05) is 0 Å². The highest BCUT2D eigenvalue weighted by Crippen LogP contribution is 2.58. The van der Waals surface area contributed by atoms with Crippen LogP contribution in [-0.4, -0.2) is 54.2 Å². The molecule has 4 aliphatic rings. The Hall–Kier alpha value is -0.650. The summed E-state index contributed by atoms with van der Waals surface area (Å²) in [5, 5.41) is 3.24. The number of carbonyl (C=O) groups is 1. The first kappa shape index (κ1) is 14.0. The van der Waals surface area contributed by atoms with Gasteiger partial charge in [0.15, 0.2) is 0 Å². The van der Waals surface area contributed by atoms with Crippen molar-refractivity contribution >= 4 is 5.91 Å². The predicted molar refractivity (Wildman–Crippen MR) is 79.7 cm³/mol. The normalized spacial score (nSPS) is 45.2. The molecule has 118 valence electrons. The molecule has 0 aromatic carbocycles. The standard InChI is InChI=1S/C16H27N3O2/c1-15(2)13-12(6-8-21-13)16(15,17)14(20)18-10-5-7-19(9-10)11-3-4-11/h10-13H,3-9,17H2,1-2H3,(H,18,20). The second-order valence-electron chi connectivity index (χ2n) is 7.96. The maximum Gasteiger partial charge on any atom is 0.241 e. The molecule has 4 atom stereocenters. The van der Waals surface area contributed by atoms with Gasteiger partial charge in [0.25, 0.3) is 0 Å². The van der Waals surface area contributed by atoms with Crippen LogP contribution in [0.3, 0.4) is 0 Å². The van der Waals surface area contributed by atoms with Gasteiger partial charge in [0.05, 0.1) is 6.10 Å². The summed E-state index contributed by atoms with van der Waals surface area (Å²) in [6.45, 7) is 7.00. The van der Waals surface area contributed by atoms with Crippen molar-refractivity contribution in [2.45, 2.75) is 63.3 Å². The molecule has 2 saturated heterocycles. The molecule has 21 heavy (non-hydrogen) atoms. The van der Waals surface area contributed by atoms with Crippen LogP contribution >= 0.6 is 0 Å². The van der Waals surface area contributed by atoms with E-state index in [1.54, 1.807) is 0 Å². The zero-order chi connectivity index (χ0) is 14.8. The van der Waals surface area contributed by atoms with E-state index in [4.69, 9.17) is 10.5 Å². The first-order chi connectivity index (χ1) is 9.94. The van der Waals surface area contributed by atoms with Crippen LogP contribution in [-0.2, 0) is 9.53 Å². The van der Waals surface area contributed by atoms with E-state index in [-0.39, 0.29) is 29.4 Å². The lowest BCUT2D eigenvalue weighted by molar-refractivity contribution is -0.175. The average Bonchev–Trinajstić information content (AvgIpc) is 3.01. The number of hydrogen-bond acceptors (Lipinski definition) is 4. The quantitative estimate of drug-likeness (QED) is 0.794. The summed E-state index contributed by atoms with van der Waals surface area (Å²) in [7, 11) is 0. The minimum Gasteiger partial charge on any atom is -0.377 e. The van der Waals surface area contributed by atoms with E-state index < -0.39 is 5.54 Å². The molecule has 4 unspecified atom stereocenters. The third-order valence-electron chi connectivity index (χ3n) is 6.45. The fourth-order valence-electron chi connectivity index (χ4n) is 4.83. The number of carbonyl (C=O) groups excluding carboxylic acids is 1. The first-order valence-electron chi connectivity index (χ1n) is 8.40. The summed E-state index contributed by atoms with van der Waals surface area (Å²) in [4.78, 5) is 15.4. The zero-order valence-electron chi connectivity index (χ0n) is 13.1. The lowest BCUT2D eigenvalue weighted by Gasteiger charge is -2.60. The molecule has 2 aliphatic heterocycles. The summed E-state index contributed by atoms with van der Waals surface area (Å²) in [6, 6.07) is 1.06. The summed E-state index contributed by atoms with van der Waals surface area (Å²) >= 11 is 0. The lowest BCUT2D eigenvalue weighted by Crippen LogP contribution is -2.80. The fraction of sp³-hybridized carbons (Fsp3) is 0.938. The highest BCUT2D eigenvalue weighted by molar-refractivity contribution is 5.89. The highest BCUT2D eigenvalue weighted by Gasteiger charge is 2.71. The second kappa shape index (κ2) is 4.43. The molecule has 3 N–H and O–H groups in total. The molecule has 0 aromatic rings. The van der Waals surface area contributed by atoms with Crippen molar-refractivity contribution in [3.05, 3.63) is 0 Å². The Kier molecular flexibility index (Phi) is 2.95. The van der Waals surface area contributed by atoms with Gasteiger partial charge < -0.3 is 15.8 Å². The summed E-state index contributed by atoms with van der Waals surface area (Å²) in [6.07, 6.45) is 4.78. The minimum absolute atomic E-state index is 0.0434. The molecule has 2 heterocycles. The van der Waals surface area contributed by atoms with Crippen molar-refractivity contribution in [2.75, 3.05) is 19.7 Å². The molecule has 0 spiro atoms. The van der Waals surface area contributed by atoms with E-state index in [0.717, 1.165) is 38.6 Å². The Morgan fingerprint density at radius 1 is 1.29 bits per heavy atom. The van der Waals surface area contributed by atoms with Crippen LogP contribution in [0, 0.1) is 11.3 Å². The molecule has 4 rings (SSSR count). The van der Waals surface area contributed by atoms with Gasteiger partial charge in [0.2, 0.25) is 5.91 Å². The smallest absolute Gasteiger partial charge is 0.241 e. The van der Waals surface area contributed by atoms with Gasteiger partial charge in [-0.1, -0.05) is 13.8 Å². The number of ether oxygens (including phenoxy) is 1. The van der Waals surface area contributed by atoms with E-state index >= 15 is 0 Å². The maximum atomic E-state index is 12.8. The monoisotopic (exact) mass is 293 g/mol. The van der Waals surface area contributed by atoms with Crippen LogP contribution in [0.15, 0.2) is 0 Å². The third kappa shape index (κ3) is 1.83. The second-order valence-corrected chi connectivity index (χ2v) is 7.96. The molecule has 0 radical (unpaired) electrons. The fourth-order valence-corrected chi connectivity index (χ4v) is 4.83. The number of amides is 1. The molecule has 0 bridgehead atoms. The van der Waals surface area contributed by atoms with Crippen molar-refractivity contribution < 1.29 is 9.53 Å². The number of likely N-dealkylation sites (tertiary alicyclic amines) is 1. The Labute approximate surface area is 126 Å². The molecule has 2 saturated carbocycles. The SMILES string of the molecule is CC1(C)C2OCCC2C1(N)C(=O)NC1CCN(C2CC2)C1. The van der Waals surface area contributed by atoms with E-state index in [1.165, 1.54) is 12.8 Å². The van der Waals surface area contributed by atoms with Crippen molar-refractivity contribution in [2.24, 2.45) is 17.1 Å². The van der Waals surface area contributed by atoms with E-state index in [0.29, 0.717) is 0 Å². The van der Waals surface area contributed by atoms with Gasteiger partial charge in [-0.15, -0.1) is 0 Å². The van der Waals surface area contributed by atoms with Crippen LogP contribution in [0.4, 0.5) is 0 Å². The van der Waals surface area contributed by atoms with Crippen molar-refractivity contribution in [1.82, 2.24) is 10.2 Å². The van der Waals surface area contributed by atoms with Crippen molar-refractivity contribution in [3.8, 4) is 0 Å². The minimum atomic E-state index is -0.763. The molecule has 2 aliphatic carbocycles. The highest BCUT2D eigenvalue weighted by atomic mass is 16.5. The van der Waals surface area contributed by atoms with Gasteiger partial charge in [0, 0.05) is 43.1 Å². The number of fused-ring (bicyclic) bond motifs is 1. The first-order valence-corrected chi connectivity index (χ1v) is 8.40. The van der Waals surface area contributed by atoms with E-state index in [2.05, 4.69) is 24.1 Å². The Balaban J connectivity index is 1.42. The average molecular weight is 293 g/mol. The topological polar surface area (TPSA) is 67.6 Å². The largest absolute Gasteiger partial charge is 0.377 e. The van der Waals surface area contributed by atoms with Gasteiger partial charge in [-0.05, 0) is 25.7 Å². The van der Waals surface area contributed by atoms with Crippen LogP contribution in [0.1, 0.15) is 39.5 Å². The number of nitrogens with two attached hydrogens (primary N) is 1. The van der Waals surface area contributed by atoms with Crippen molar-refractivity contribution in [1.29, 1.82) is 0 Å². The van der Waals surface area contributed by atoms with Crippen LogP contribution < -0.4 is 11.1 Å².